The molecule has 1 amide bonds. The van der Waals surface area contributed by atoms with Crippen LogP contribution in [-0.2, 0) is 20.7 Å². The predicted molar refractivity (Wildman–Crippen MR) is 110 cm³/mol. The van der Waals surface area contributed by atoms with Crippen molar-refractivity contribution in [1.29, 1.82) is 0 Å². The summed E-state index contributed by atoms with van der Waals surface area (Å²) in [6.45, 7) is 5.95. The zero-order valence-corrected chi connectivity index (χ0v) is 17.3. The monoisotopic (exact) mass is 403 g/mol. The van der Waals surface area contributed by atoms with Crippen molar-refractivity contribution in [2.45, 2.75) is 49.9 Å². The molecule has 2 atom stereocenters. The van der Waals surface area contributed by atoms with Crippen molar-refractivity contribution in [3.63, 3.8) is 0 Å². The molecule has 1 aromatic carbocycles. The van der Waals surface area contributed by atoms with Crippen LogP contribution in [0.25, 0.3) is 0 Å². The van der Waals surface area contributed by atoms with E-state index < -0.39 is 11.2 Å². The number of hydrogen-bond acceptors (Lipinski definition) is 6. The van der Waals surface area contributed by atoms with Gasteiger partial charge in [-0.3, -0.25) is 14.4 Å². The van der Waals surface area contributed by atoms with Gasteiger partial charge >= 0.3 is 5.97 Å². The van der Waals surface area contributed by atoms with Crippen LogP contribution in [0.15, 0.2) is 40.3 Å². The number of rotatable bonds is 8. The molecule has 7 nitrogen and oxygen atoms in total. The number of aromatic amines is 1. The number of carbonyl (C=O) groups is 2. The van der Waals surface area contributed by atoms with E-state index in [1.807, 2.05) is 24.3 Å². The van der Waals surface area contributed by atoms with Crippen molar-refractivity contribution in [2.75, 3.05) is 12.4 Å². The number of ether oxygens (including phenoxy) is 1. The summed E-state index contributed by atoms with van der Waals surface area (Å²) in [5, 5.41) is 2.75. The van der Waals surface area contributed by atoms with E-state index in [-0.39, 0.29) is 23.0 Å². The van der Waals surface area contributed by atoms with Crippen molar-refractivity contribution in [1.82, 2.24) is 9.97 Å². The molecule has 0 unspecified atom stereocenters. The van der Waals surface area contributed by atoms with Gasteiger partial charge in [-0.15, -0.1) is 0 Å². The average molecular weight is 404 g/mol. The molecule has 0 bridgehead atoms. The summed E-state index contributed by atoms with van der Waals surface area (Å²) in [4.78, 5) is 42.7. The van der Waals surface area contributed by atoms with Crippen LogP contribution in [0.2, 0.25) is 0 Å². The number of benzene rings is 1. The highest BCUT2D eigenvalue weighted by molar-refractivity contribution is 8.00. The highest BCUT2D eigenvalue weighted by atomic mass is 32.2. The van der Waals surface area contributed by atoms with E-state index in [9.17, 15) is 14.4 Å². The highest BCUT2D eigenvalue weighted by Crippen LogP contribution is 2.27. The Morgan fingerprint density at radius 3 is 2.68 bits per heavy atom. The summed E-state index contributed by atoms with van der Waals surface area (Å²) in [6, 6.07) is 8.98. The van der Waals surface area contributed by atoms with Crippen LogP contribution in [0.1, 0.15) is 44.4 Å². The first-order valence-corrected chi connectivity index (χ1v) is 9.95. The number of carbonyl (C=O) groups excluding carboxylic acids is 2. The average Bonchev–Trinajstić information content (AvgIpc) is 2.67. The van der Waals surface area contributed by atoms with E-state index in [4.69, 9.17) is 0 Å². The van der Waals surface area contributed by atoms with E-state index in [2.05, 4.69) is 33.9 Å². The summed E-state index contributed by atoms with van der Waals surface area (Å²) in [5.41, 5.74) is 1.79. The number of esters is 1. The maximum Gasteiger partial charge on any atom is 0.311 e. The fraction of sp³-hybridized carbons (Fsp3) is 0.400. The van der Waals surface area contributed by atoms with Crippen molar-refractivity contribution in [2.24, 2.45) is 0 Å². The second kappa shape index (κ2) is 10.1. The van der Waals surface area contributed by atoms with Crippen molar-refractivity contribution in [3.8, 4) is 0 Å². The number of nitrogens with zero attached hydrogens (tertiary/aromatic N) is 1. The second-order valence-corrected chi connectivity index (χ2v) is 7.77. The van der Waals surface area contributed by atoms with Gasteiger partial charge in [-0.05, 0) is 30.9 Å². The van der Waals surface area contributed by atoms with Crippen LogP contribution in [0.5, 0.6) is 0 Å². The summed E-state index contributed by atoms with van der Waals surface area (Å²) in [6.07, 6.45) is 0.867. The molecule has 0 aliphatic heterocycles. The molecule has 150 valence electrons. The molecular weight excluding hydrogens is 378 g/mol. The molecule has 0 saturated carbocycles. The van der Waals surface area contributed by atoms with Gasteiger partial charge in [0.05, 0.1) is 24.5 Å². The Morgan fingerprint density at radius 2 is 2.00 bits per heavy atom. The number of amides is 1. The lowest BCUT2D eigenvalue weighted by Gasteiger charge is -2.17. The fourth-order valence-electron chi connectivity index (χ4n) is 2.57. The van der Waals surface area contributed by atoms with Gasteiger partial charge in [0.25, 0.3) is 5.56 Å². The maximum absolute atomic E-state index is 12.6. The molecule has 2 rings (SSSR count). The van der Waals surface area contributed by atoms with Crippen LogP contribution < -0.4 is 10.9 Å². The third-order valence-corrected chi connectivity index (χ3v) is 5.33. The van der Waals surface area contributed by atoms with Gasteiger partial charge in [0.2, 0.25) is 5.91 Å². The Bertz CT molecular complexity index is 897. The zero-order chi connectivity index (χ0) is 20.7. The summed E-state index contributed by atoms with van der Waals surface area (Å²) < 4.78 is 4.60. The van der Waals surface area contributed by atoms with Crippen LogP contribution in [0, 0.1) is 0 Å². The number of anilines is 1. The van der Waals surface area contributed by atoms with Crippen LogP contribution in [-0.4, -0.2) is 34.2 Å². The molecule has 0 aliphatic rings. The minimum Gasteiger partial charge on any atom is -0.469 e. The minimum absolute atomic E-state index is 0.100. The Labute approximate surface area is 168 Å². The topological polar surface area (TPSA) is 101 Å². The first-order valence-electron chi connectivity index (χ1n) is 9.07. The van der Waals surface area contributed by atoms with Crippen molar-refractivity contribution >= 4 is 29.3 Å². The number of H-pyrrole nitrogens is 1. The highest BCUT2D eigenvalue weighted by Gasteiger charge is 2.19. The van der Waals surface area contributed by atoms with Crippen LogP contribution >= 0.6 is 11.8 Å². The Balaban J connectivity index is 2.11. The molecule has 0 spiro atoms. The lowest BCUT2D eigenvalue weighted by atomic mass is 9.97. The van der Waals surface area contributed by atoms with Crippen LogP contribution in [0.4, 0.5) is 5.69 Å². The van der Waals surface area contributed by atoms with Crippen molar-refractivity contribution < 1.29 is 14.3 Å². The summed E-state index contributed by atoms with van der Waals surface area (Å²) in [5.74, 6) is -0.351. The molecule has 8 heteroatoms. The van der Waals surface area contributed by atoms with E-state index in [0.29, 0.717) is 11.6 Å². The molecule has 28 heavy (non-hydrogen) atoms. The maximum atomic E-state index is 12.6. The van der Waals surface area contributed by atoms with Gasteiger partial charge in [-0.25, -0.2) is 4.98 Å². The Kier molecular flexibility index (Phi) is 7.80. The van der Waals surface area contributed by atoms with E-state index >= 15 is 0 Å². The number of nitrogens with one attached hydrogen (secondary N) is 2. The van der Waals surface area contributed by atoms with Gasteiger partial charge in [-0.1, -0.05) is 43.8 Å². The van der Waals surface area contributed by atoms with E-state index in [0.717, 1.165) is 29.4 Å². The molecule has 1 heterocycles. The number of methoxy groups -OCH3 is 1. The van der Waals surface area contributed by atoms with Gasteiger partial charge in [0, 0.05) is 11.8 Å². The number of aromatic nitrogens is 2. The van der Waals surface area contributed by atoms with Gasteiger partial charge < -0.3 is 15.0 Å². The molecule has 2 N–H and O–H groups in total. The molecule has 0 radical (unpaired) electrons. The molecule has 0 fully saturated rings. The third kappa shape index (κ3) is 5.95. The summed E-state index contributed by atoms with van der Waals surface area (Å²) in [7, 11) is 1.27. The van der Waals surface area contributed by atoms with Crippen molar-refractivity contribution in [3.05, 3.63) is 51.9 Å². The standard InChI is InChI=1S/C20H25N3O4S/c1-5-12(2)15-8-6-7-9-16(15)22-19(26)13(3)28-20-21-14(10-17(24)23-20)11-18(25)27-4/h6-10,12-13H,5,11H2,1-4H3,(H,22,26)(H,21,23,24)/t12-,13+/m0/s1. The van der Waals surface area contributed by atoms with Crippen LogP contribution in [0.3, 0.4) is 0 Å². The Morgan fingerprint density at radius 1 is 1.29 bits per heavy atom. The number of para-hydroxylation sites is 1. The summed E-state index contributed by atoms with van der Waals surface area (Å²) >= 11 is 1.12. The lowest BCUT2D eigenvalue weighted by molar-refractivity contribution is -0.139. The third-order valence-electron chi connectivity index (χ3n) is 4.35. The van der Waals surface area contributed by atoms with Gasteiger partial charge in [0.15, 0.2) is 5.16 Å². The first kappa shape index (κ1) is 21.7. The van der Waals surface area contributed by atoms with Gasteiger partial charge in [0.1, 0.15) is 0 Å². The first-order chi connectivity index (χ1) is 13.3. The van der Waals surface area contributed by atoms with E-state index in [1.54, 1.807) is 6.92 Å². The second-order valence-electron chi connectivity index (χ2n) is 6.44. The number of thioether (sulfide) groups is 1. The normalized spacial score (nSPS) is 12.9. The molecule has 2 aromatic rings. The molecular formula is C20H25N3O4S. The van der Waals surface area contributed by atoms with Gasteiger partial charge in [-0.2, -0.15) is 0 Å². The quantitative estimate of drug-likeness (QED) is 0.399. The number of hydrogen-bond donors (Lipinski definition) is 2. The largest absolute Gasteiger partial charge is 0.469 e. The predicted octanol–water partition coefficient (Wildman–Crippen LogP) is 3.12. The SMILES string of the molecule is CC[C@H](C)c1ccccc1NC(=O)[C@@H](C)Sc1nc(CC(=O)OC)cc(=O)[nH]1. The molecule has 0 aliphatic carbocycles. The fourth-order valence-corrected chi connectivity index (χ4v) is 3.40. The minimum atomic E-state index is -0.499. The molecule has 1 aromatic heterocycles. The van der Waals surface area contributed by atoms with E-state index in [1.165, 1.54) is 13.2 Å². The molecule has 0 saturated heterocycles. The smallest absolute Gasteiger partial charge is 0.311 e. The Hall–Kier alpha value is -2.61. The lowest BCUT2D eigenvalue weighted by Crippen LogP contribution is -2.24. The zero-order valence-electron chi connectivity index (χ0n) is 16.4.